The van der Waals surface area contributed by atoms with Crippen molar-refractivity contribution >= 4 is 22.7 Å². The minimum Gasteiger partial charge on any atom is -0.479 e. The maximum absolute atomic E-state index is 12.7. The molecule has 0 radical (unpaired) electrons. The van der Waals surface area contributed by atoms with E-state index in [1.807, 2.05) is 19.2 Å². The molecule has 2 aliphatic heterocycles. The van der Waals surface area contributed by atoms with Crippen molar-refractivity contribution < 1.29 is 24.0 Å². The van der Waals surface area contributed by atoms with Crippen LogP contribution in [0, 0.1) is 5.41 Å². The first-order chi connectivity index (χ1) is 13.5. The van der Waals surface area contributed by atoms with Gasteiger partial charge in [0.05, 0.1) is 13.5 Å². The summed E-state index contributed by atoms with van der Waals surface area (Å²) in [5.74, 6) is 0.975. The Morgan fingerprint density at radius 2 is 2.18 bits per heavy atom. The molecule has 1 aromatic carbocycles. The number of aliphatic hydroxyl groups is 1. The van der Waals surface area contributed by atoms with Crippen molar-refractivity contribution in [1.82, 2.24) is 4.57 Å². The van der Waals surface area contributed by atoms with E-state index < -0.39 is 0 Å². The summed E-state index contributed by atoms with van der Waals surface area (Å²) < 4.78 is 14.9. The van der Waals surface area contributed by atoms with Gasteiger partial charge in [0.25, 0.3) is 0 Å². The van der Waals surface area contributed by atoms with Crippen molar-refractivity contribution in [1.29, 1.82) is 0 Å². The first-order valence-corrected chi connectivity index (χ1v) is 9.84. The number of hydrogen-bond acceptors (Lipinski definition) is 4. The number of benzene rings is 1. The van der Waals surface area contributed by atoms with E-state index in [4.69, 9.17) is 9.47 Å². The van der Waals surface area contributed by atoms with Gasteiger partial charge in [0.2, 0.25) is 0 Å². The number of hydrogen-bond donors (Lipinski definition) is 1. The number of aromatic nitrogens is 1. The highest BCUT2D eigenvalue weighted by Gasteiger charge is 2.55. The Hall–Kier alpha value is -2.76. The average molecular weight is 383 g/mol. The van der Waals surface area contributed by atoms with Gasteiger partial charge < -0.3 is 19.1 Å². The van der Waals surface area contributed by atoms with Gasteiger partial charge in [-0.1, -0.05) is 25.1 Å². The number of carbonyl (C=O) groups is 1. The van der Waals surface area contributed by atoms with Gasteiger partial charge >= 0.3 is 17.8 Å². The summed E-state index contributed by atoms with van der Waals surface area (Å²) in [6.45, 7) is 2.67. The predicted octanol–water partition coefficient (Wildman–Crippen LogP) is 3.64. The van der Waals surface area contributed by atoms with Crippen LogP contribution in [-0.4, -0.2) is 39.7 Å². The summed E-state index contributed by atoms with van der Waals surface area (Å²) in [4.78, 5) is 12.7. The van der Waals surface area contributed by atoms with Crippen LogP contribution in [0.15, 0.2) is 42.2 Å². The monoisotopic (exact) mass is 383 g/mol. The van der Waals surface area contributed by atoms with Gasteiger partial charge in [-0.05, 0) is 24.5 Å². The Labute approximate surface area is 164 Å². The zero-order valence-electron chi connectivity index (χ0n) is 16.7. The van der Waals surface area contributed by atoms with Gasteiger partial charge in [-0.25, -0.2) is 4.79 Å². The van der Waals surface area contributed by atoms with Crippen molar-refractivity contribution in [3.63, 3.8) is 0 Å². The lowest BCUT2D eigenvalue weighted by molar-refractivity contribution is -0.464. The van der Waals surface area contributed by atoms with Gasteiger partial charge in [0.15, 0.2) is 12.3 Å². The Morgan fingerprint density at radius 1 is 1.39 bits per heavy atom. The summed E-state index contributed by atoms with van der Waals surface area (Å²) in [5.41, 5.74) is 2.16. The lowest BCUT2D eigenvalue weighted by Gasteiger charge is -2.25. The largest absolute Gasteiger partial charge is 0.479 e. The molecule has 3 heterocycles. The Balaban J connectivity index is 1.69. The molecule has 1 aromatic heterocycles. The minimum atomic E-state index is -0.242. The molecule has 0 spiro atoms. The van der Waals surface area contributed by atoms with E-state index >= 15 is 0 Å². The maximum Gasteiger partial charge on any atom is 0.389 e. The molecule has 0 aliphatic carbocycles. The van der Waals surface area contributed by atoms with Gasteiger partial charge in [-0.3, -0.25) is 0 Å². The molecule has 1 saturated heterocycles. The average Bonchev–Trinajstić information content (AvgIpc) is 3.26. The van der Waals surface area contributed by atoms with Crippen molar-refractivity contribution in [3.8, 4) is 0 Å². The van der Waals surface area contributed by atoms with Crippen LogP contribution < -0.4 is 0 Å². The molecule has 6 heteroatoms. The molecule has 2 aliphatic rings. The van der Waals surface area contributed by atoms with Crippen LogP contribution in [0.4, 0.5) is 0 Å². The number of methoxy groups -OCH3 is 1. The van der Waals surface area contributed by atoms with Crippen LogP contribution in [0.25, 0.3) is 10.9 Å². The molecule has 1 amide bonds. The molecule has 148 valence electrons. The third-order valence-corrected chi connectivity index (χ3v) is 6.23. The molecule has 28 heavy (non-hydrogen) atoms. The molecule has 4 rings (SSSR count). The second-order valence-electron chi connectivity index (χ2n) is 7.73. The van der Waals surface area contributed by atoms with Crippen LogP contribution in [0.2, 0.25) is 0 Å². The van der Waals surface area contributed by atoms with Crippen LogP contribution in [-0.2, 0) is 27.7 Å². The Kier molecular flexibility index (Phi) is 4.65. The number of rotatable bonds is 5. The fourth-order valence-electron chi connectivity index (χ4n) is 4.54. The molecule has 1 fully saturated rings. The second kappa shape index (κ2) is 7.00. The van der Waals surface area contributed by atoms with E-state index in [0.717, 1.165) is 19.3 Å². The first kappa shape index (κ1) is 18.6. The molecule has 1 atom stereocenters. The molecule has 0 bridgehead atoms. The highest BCUT2D eigenvalue weighted by atomic mass is 16.6. The molecular weight excluding hydrogens is 356 g/mol. The third-order valence-electron chi connectivity index (χ3n) is 6.23. The lowest BCUT2D eigenvalue weighted by atomic mass is 9.76. The molecular formula is C22H27N2O4+. The number of allylic oxidation sites excluding steroid dienone is 1. The maximum atomic E-state index is 12.7. The summed E-state index contributed by atoms with van der Waals surface area (Å²) in [7, 11) is 3.46. The topological polar surface area (TPSA) is 63.7 Å². The fourth-order valence-corrected chi connectivity index (χ4v) is 4.54. The quantitative estimate of drug-likeness (QED) is 0.632. The van der Waals surface area contributed by atoms with Gasteiger partial charge in [-0.15, -0.1) is 4.58 Å². The molecule has 6 nitrogen and oxygen atoms in total. The first-order valence-electron chi connectivity index (χ1n) is 9.84. The number of amides is 1. The molecule has 0 saturated carbocycles. The van der Waals surface area contributed by atoms with Crippen LogP contribution in [0.1, 0.15) is 38.2 Å². The highest BCUT2D eigenvalue weighted by molar-refractivity contribution is 5.89. The Bertz CT molecular complexity index is 1000. The van der Waals surface area contributed by atoms with Crippen LogP contribution in [0.3, 0.4) is 0 Å². The summed E-state index contributed by atoms with van der Waals surface area (Å²) >= 11 is 0. The van der Waals surface area contributed by atoms with E-state index in [1.54, 1.807) is 4.58 Å². The third kappa shape index (κ3) is 2.87. The van der Waals surface area contributed by atoms with E-state index in [0.29, 0.717) is 31.0 Å². The predicted molar refractivity (Wildman–Crippen MR) is 106 cm³/mol. The number of aryl methyl sites for hydroxylation is 1. The van der Waals surface area contributed by atoms with E-state index in [9.17, 15) is 9.90 Å². The second-order valence-corrected chi connectivity index (χ2v) is 7.73. The fraction of sp³-hybridized carbons (Fsp3) is 0.455. The Morgan fingerprint density at radius 3 is 2.93 bits per heavy atom. The highest BCUT2D eigenvalue weighted by Crippen LogP contribution is 2.46. The molecule has 0 unspecified atom stereocenters. The SMILES string of the molecule is CC[C@@]12CCC(=O)[N+](CCc3cn(C)c4ccccc34)=C1O/C(=C(/O)OC)C2. The molecule has 1 N–H and O–H groups in total. The zero-order chi connectivity index (χ0) is 19.9. The van der Waals surface area contributed by atoms with Crippen molar-refractivity contribution in [2.24, 2.45) is 12.5 Å². The summed E-state index contributed by atoms with van der Waals surface area (Å²) in [6.07, 6.45) is 5.53. The number of para-hydroxylation sites is 1. The zero-order valence-corrected chi connectivity index (χ0v) is 16.7. The van der Waals surface area contributed by atoms with E-state index in [-0.39, 0.29) is 17.3 Å². The van der Waals surface area contributed by atoms with Crippen molar-refractivity contribution in [2.45, 2.75) is 39.0 Å². The number of nitrogens with zero attached hydrogens (tertiary/aromatic N) is 2. The normalized spacial score (nSPS) is 23.8. The minimum absolute atomic E-state index is 0.0810. The van der Waals surface area contributed by atoms with Crippen molar-refractivity contribution in [3.05, 3.63) is 47.7 Å². The molecule has 2 aromatic rings. The summed E-state index contributed by atoms with van der Waals surface area (Å²) in [6, 6.07) is 8.30. The number of fused-ring (bicyclic) bond motifs is 2. The van der Waals surface area contributed by atoms with Gasteiger partial charge in [0, 0.05) is 37.0 Å². The standard InChI is InChI=1S/C22H26N2O4/c1-4-22-11-9-19(25)24(21(22)28-18(13-22)20(26)27-3)12-10-15-14-23(2)17-8-6-5-7-16(15)17/h5-8,14H,4,9-13H2,1-3H3/p+1/b20-18-/t22-/m0/s1. The van der Waals surface area contributed by atoms with Gasteiger partial charge in [0.1, 0.15) is 5.41 Å². The number of aliphatic hydroxyl groups excluding tert-OH is 1. The summed E-state index contributed by atoms with van der Waals surface area (Å²) in [5, 5.41) is 11.2. The number of carbonyl (C=O) groups excluding carboxylic acids is 1. The van der Waals surface area contributed by atoms with Crippen molar-refractivity contribution in [2.75, 3.05) is 13.7 Å². The van der Waals surface area contributed by atoms with E-state index in [1.165, 1.54) is 23.6 Å². The van der Waals surface area contributed by atoms with Crippen LogP contribution in [0.5, 0.6) is 0 Å². The number of ether oxygens (including phenoxy) is 2. The van der Waals surface area contributed by atoms with Crippen LogP contribution >= 0.6 is 0 Å². The van der Waals surface area contributed by atoms with E-state index in [2.05, 4.69) is 29.8 Å². The lowest BCUT2D eigenvalue weighted by Crippen LogP contribution is -2.43. The smallest absolute Gasteiger partial charge is 0.389 e. The van der Waals surface area contributed by atoms with Gasteiger partial charge in [-0.2, -0.15) is 0 Å².